The number of hydrogen-bond acceptors (Lipinski definition) is 5. The average molecular weight is 485 g/mol. The van der Waals surface area contributed by atoms with E-state index in [1.165, 1.54) is 12.1 Å². The molecule has 8 heteroatoms. The van der Waals surface area contributed by atoms with Crippen LogP contribution in [0.5, 0.6) is 5.75 Å². The number of urea groups is 1. The summed E-state index contributed by atoms with van der Waals surface area (Å²) in [6.45, 7) is 4.64. The van der Waals surface area contributed by atoms with Crippen molar-refractivity contribution in [1.82, 2.24) is 20.4 Å². The summed E-state index contributed by atoms with van der Waals surface area (Å²) in [5.41, 5.74) is 3.85. The predicted molar refractivity (Wildman–Crippen MR) is 133 cm³/mol. The van der Waals surface area contributed by atoms with Gasteiger partial charge in [-0.3, -0.25) is 4.90 Å². The first-order valence-corrected chi connectivity index (χ1v) is 11.7. The predicted octanol–water partition coefficient (Wildman–Crippen LogP) is 5.97. The normalized spacial score (nSPS) is 15.7. The highest BCUT2D eigenvalue weighted by Crippen LogP contribution is 2.37. The summed E-state index contributed by atoms with van der Waals surface area (Å²) in [6.07, 6.45) is 0. The maximum absolute atomic E-state index is 13.4. The molecule has 1 atom stereocenters. The monoisotopic (exact) mass is 484 g/mol. The second-order valence-corrected chi connectivity index (χ2v) is 8.39. The summed E-state index contributed by atoms with van der Waals surface area (Å²) >= 11 is 0. The molecule has 0 bridgehead atoms. The fraction of sp³-hybridized carbons (Fsp3) is 0.179. The minimum atomic E-state index is -0.475. The van der Waals surface area contributed by atoms with E-state index in [2.05, 4.69) is 15.5 Å². The molecule has 1 N–H and O–H groups in total. The molecule has 0 radical (unpaired) electrons. The van der Waals surface area contributed by atoms with Crippen molar-refractivity contribution >= 4 is 11.6 Å². The first-order valence-electron chi connectivity index (χ1n) is 11.7. The molecule has 1 unspecified atom stereocenters. The van der Waals surface area contributed by atoms with Crippen LogP contribution in [0.4, 0.5) is 9.18 Å². The number of aromatic nitrogens is 2. The zero-order valence-electron chi connectivity index (χ0n) is 19.9. The van der Waals surface area contributed by atoms with Crippen LogP contribution in [0.25, 0.3) is 17.0 Å². The number of nitrogens with zero attached hydrogens (tertiary/aromatic N) is 3. The minimum Gasteiger partial charge on any atom is -0.494 e. The number of halogens is 1. The molecule has 0 aliphatic carbocycles. The summed E-state index contributed by atoms with van der Waals surface area (Å²) in [5, 5.41) is 7.28. The van der Waals surface area contributed by atoms with Crippen molar-refractivity contribution in [2.45, 2.75) is 26.4 Å². The van der Waals surface area contributed by atoms with Crippen LogP contribution in [0.1, 0.15) is 36.9 Å². The van der Waals surface area contributed by atoms with Crippen molar-refractivity contribution in [3.05, 3.63) is 107 Å². The number of nitrogens with one attached hydrogen (secondary N) is 1. The SMILES string of the molecule is CCOc1ccc(-c2noc(C3=C(C)N(Cc4ccc(F)cc4)C(=O)NC3c3ccccc3)n2)cc1. The van der Waals surface area contributed by atoms with Gasteiger partial charge in [-0.15, -0.1) is 0 Å². The molecule has 3 aromatic carbocycles. The molecule has 4 aromatic rings. The van der Waals surface area contributed by atoms with E-state index in [0.29, 0.717) is 29.6 Å². The molecule has 1 aliphatic rings. The molecule has 0 saturated heterocycles. The van der Waals surface area contributed by atoms with E-state index in [0.717, 1.165) is 22.4 Å². The van der Waals surface area contributed by atoms with Gasteiger partial charge in [-0.05, 0) is 61.4 Å². The number of ether oxygens (including phenoxy) is 1. The van der Waals surface area contributed by atoms with Gasteiger partial charge in [0.25, 0.3) is 5.89 Å². The number of rotatable bonds is 7. The number of benzene rings is 3. The number of allylic oxidation sites excluding steroid dienone is 1. The van der Waals surface area contributed by atoms with Crippen molar-refractivity contribution in [3.8, 4) is 17.1 Å². The van der Waals surface area contributed by atoms with Gasteiger partial charge in [0, 0.05) is 11.3 Å². The highest BCUT2D eigenvalue weighted by molar-refractivity contribution is 5.86. The Balaban J connectivity index is 1.54. The molecular formula is C28H25FN4O3. The van der Waals surface area contributed by atoms with Crippen LogP contribution in [0, 0.1) is 5.82 Å². The molecule has 1 aliphatic heterocycles. The van der Waals surface area contributed by atoms with Crippen LogP contribution in [-0.2, 0) is 6.54 Å². The maximum atomic E-state index is 13.4. The lowest BCUT2D eigenvalue weighted by Gasteiger charge is -2.35. The number of carbonyl (C=O) groups is 1. The van der Waals surface area contributed by atoms with Crippen LogP contribution in [0.15, 0.2) is 89.1 Å². The molecule has 2 amide bonds. The Bertz CT molecular complexity index is 1380. The molecule has 0 spiro atoms. The Morgan fingerprint density at radius 1 is 1.03 bits per heavy atom. The molecule has 5 rings (SSSR count). The van der Waals surface area contributed by atoms with E-state index >= 15 is 0 Å². The lowest BCUT2D eigenvalue weighted by atomic mass is 9.94. The number of hydrogen-bond donors (Lipinski definition) is 1. The average Bonchev–Trinajstić information content (AvgIpc) is 3.38. The Kier molecular flexibility index (Phi) is 6.49. The minimum absolute atomic E-state index is 0.263. The first-order chi connectivity index (χ1) is 17.5. The summed E-state index contributed by atoms with van der Waals surface area (Å²) in [5.74, 6) is 1.18. The third-order valence-electron chi connectivity index (χ3n) is 6.06. The van der Waals surface area contributed by atoms with Gasteiger partial charge >= 0.3 is 6.03 Å². The smallest absolute Gasteiger partial charge is 0.322 e. The van der Waals surface area contributed by atoms with E-state index in [1.807, 2.05) is 68.4 Å². The van der Waals surface area contributed by atoms with Crippen LogP contribution < -0.4 is 10.1 Å². The molecule has 0 saturated carbocycles. The molecule has 182 valence electrons. The van der Waals surface area contributed by atoms with Gasteiger partial charge in [0.15, 0.2) is 0 Å². The summed E-state index contributed by atoms with van der Waals surface area (Å²) in [6, 6.07) is 22.4. The molecule has 0 fully saturated rings. The van der Waals surface area contributed by atoms with Gasteiger partial charge in [-0.1, -0.05) is 47.6 Å². The van der Waals surface area contributed by atoms with E-state index in [1.54, 1.807) is 17.0 Å². The molecule has 36 heavy (non-hydrogen) atoms. The van der Waals surface area contributed by atoms with E-state index in [-0.39, 0.29) is 18.4 Å². The second-order valence-electron chi connectivity index (χ2n) is 8.39. The maximum Gasteiger partial charge on any atom is 0.322 e. The van der Waals surface area contributed by atoms with Gasteiger partial charge in [-0.25, -0.2) is 9.18 Å². The molecule has 1 aromatic heterocycles. The first kappa shape index (κ1) is 23.3. The van der Waals surface area contributed by atoms with Crippen LogP contribution >= 0.6 is 0 Å². The Morgan fingerprint density at radius 2 is 1.75 bits per heavy atom. The van der Waals surface area contributed by atoms with Crippen LogP contribution in [0.3, 0.4) is 0 Å². The Morgan fingerprint density at radius 3 is 2.44 bits per heavy atom. The highest BCUT2D eigenvalue weighted by Gasteiger charge is 2.35. The number of amides is 2. The van der Waals surface area contributed by atoms with E-state index in [4.69, 9.17) is 9.26 Å². The zero-order valence-corrected chi connectivity index (χ0v) is 19.9. The quantitative estimate of drug-likeness (QED) is 0.349. The summed E-state index contributed by atoms with van der Waals surface area (Å²) < 4.78 is 24.7. The van der Waals surface area contributed by atoms with Gasteiger partial charge in [0.1, 0.15) is 11.6 Å². The van der Waals surface area contributed by atoms with Crippen LogP contribution in [-0.4, -0.2) is 27.7 Å². The largest absolute Gasteiger partial charge is 0.494 e. The van der Waals surface area contributed by atoms with E-state index in [9.17, 15) is 9.18 Å². The zero-order chi connectivity index (χ0) is 25.1. The Labute approximate surface area is 208 Å². The fourth-order valence-electron chi connectivity index (χ4n) is 4.23. The van der Waals surface area contributed by atoms with Crippen molar-refractivity contribution in [3.63, 3.8) is 0 Å². The van der Waals surface area contributed by atoms with Crippen molar-refractivity contribution in [2.75, 3.05) is 6.61 Å². The van der Waals surface area contributed by atoms with Gasteiger partial charge in [-0.2, -0.15) is 4.98 Å². The highest BCUT2D eigenvalue weighted by atomic mass is 19.1. The third kappa shape index (κ3) is 4.70. The lowest BCUT2D eigenvalue weighted by molar-refractivity contribution is 0.203. The van der Waals surface area contributed by atoms with Crippen molar-refractivity contribution in [2.24, 2.45) is 0 Å². The summed E-state index contributed by atoms with van der Waals surface area (Å²) in [4.78, 5) is 19.5. The topological polar surface area (TPSA) is 80.5 Å². The van der Waals surface area contributed by atoms with Gasteiger partial charge in [0.05, 0.1) is 24.8 Å². The van der Waals surface area contributed by atoms with Gasteiger partial charge in [0.2, 0.25) is 5.82 Å². The summed E-state index contributed by atoms with van der Waals surface area (Å²) in [7, 11) is 0. The second kappa shape index (κ2) is 10.0. The van der Waals surface area contributed by atoms with Gasteiger partial charge < -0.3 is 14.6 Å². The van der Waals surface area contributed by atoms with Crippen molar-refractivity contribution in [1.29, 1.82) is 0 Å². The molecule has 2 heterocycles. The van der Waals surface area contributed by atoms with Crippen molar-refractivity contribution < 1.29 is 18.4 Å². The van der Waals surface area contributed by atoms with E-state index < -0.39 is 6.04 Å². The lowest BCUT2D eigenvalue weighted by Crippen LogP contribution is -2.45. The molecular weight excluding hydrogens is 459 g/mol. The standard InChI is InChI=1S/C28H25FN4O3/c1-3-35-23-15-11-21(12-16-23)26-31-27(36-32-26)24-18(2)33(17-19-9-13-22(29)14-10-19)28(34)30-25(24)20-7-5-4-6-8-20/h4-16,25H,3,17H2,1-2H3,(H,30,34). The fourth-order valence-corrected chi connectivity index (χ4v) is 4.23. The Hall–Kier alpha value is -4.46. The van der Waals surface area contributed by atoms with Crippen LogP contribution in [0.2, 0.25) is 0 Å². The third-order valence-corrected chi connectivity index (χ3v) is 6.06. The molecule has 7 nitrogen and oxygen atoms in total. The number of carbonyl (C=O) groups excluding carboxylic acids is 1.